The van der Waals surface area contributed by atoms with Crippen molar-refractivity contribution in [1.82, 2.24) is 9.88 Å². The summed E-state index contributed by atoms with van der Waals surface area (Å²) in [6.07, 6.45) is 0. The van der Waals surface area contributed by atoms with Gasteiger partial charge in [0, 0.05) is 13.1 Å². The first-order valence-corrected chi connectivity index (χ1v) is 7.86. The SMILES string of the molecule is CCN(CC)C(=O)C(C)Nc1nc2cccc(Cl)c2s1. The van der Waals surface area contributed by atoms with Gasteiger partial charge in [0.1, 0.15) is 6.04 Å². The summed E-state index contributed by atoms with van der Waals surface area (Å²) >= 11 is 7.60. The number of benzene rings is 1. The van der Waals surface area contributed by atoms with Gasteiger partial charge in [-0.3, -0.25) is 4.79 Å². The number of thiazole rings is 1. The van der Waals surface area contributed by atoms with Crippen molar-refractivity contribution in [2.24, 2.45) is 0 Å². The number of amides is 1. The number of hydrogen-bond acceptors (Lipinski definition) is 4. The van der Waals surface area contributed by atoms with Crippen LogP contribution < -0.4 is 5.32 Å². The average molecular weight is 312 g/mol. The predicted molar refractivity (Wildman–Crippen MR) is 85.6 cm³/mol. The van der Waals surface area contributed by atoms with Gasteiger partial charge in [0.15, 0.2) is 5.13 Å². The predicted octanol–water partition coefficient (Wildman–Crippen LogP) is 3.62. The topological polar surface area (TPSA) is 45.2 Å². The van der Waals surface area contributed by atoms with Crippen molar-refractivity contribution in [2.75, 3.05) is 18.4 Å². The quantitative estimate of drug-likeness (QED) is 0.917. The molecule has 1 atom stereocenters. The number of likely N-dealkylation sites (N-methyl/N-ethyl adjacent to an activating group) is 1. The van der Waals surface area contributed by atoms with Crippen LogP contribution in [-0.4, -0.2) is 34.9 Å². The number of halogens is 1. The maximum atomic E-state index is 12.2. The van der Waals surface area contributed by atoms with Crippen LogP contribution in [0.25, 0.3) is 10.2 Å². The molecule has 0 fully saturated rings. The van der Waals surface area contributed by atoms with Crippen LogP contribution in [0, 0.1) is 0 Å². The normalized spacial score (nSPS) is 12.4. The van der Waals surface area contributed by atoms with Crippen LogP contribution >= 0.6 is 22.9 Å². The number of carbonyl (C=O) groups is 1. The Balaban J connectivity index is 2.15. The Morgan fingerprint density at radius 2 is 2.15 bits per heavy atom. The van der Waals surface area contributed by atoms with E-state index in [-0.39, 0.29) is 11.9 Å². The lowest BCUT2D eigenvalue weighted by molar-refractivity contribution is -0.131. The third-order valence-corrected chi connectivity index (χ3v) is 4.62. The molecule has 2 rings (SSSR count). The maximum absolute atomic E-state index is 12.2. The van der Waals surface area contributed by atoms with Gasteiger partial charge in [0.25, 0.3) is 0 Å². The average Bonchev–Trinajstić information content (AvgIpc) is 2.84. The minimum absolute atomic E-state index is 0.0837. The van der Waals surface area contributed by atoms with Gasteiger partial charge in [0.05, 0.1) is 15.2 Å². The molecule has 0 aliphatic rings. The highest BCUT2D eigenvalue weighted by atomic mass is 35.5. The van der Waals surface area contributed by atoms with Gasteiger partial charge in [-0.2, -0.15) is 0 Å². The molecule has 0 saturated carbocycles. The molecular formula is C14H18ClN3OS. The molecule has 1 amide bonds. The van der Waals surface area contributed by atoms with E-state index in [1.54, 1.807) is 4.90 Å². The van der Waals surface area contributed by atoms with Crippen LogP contribution in [0.3, 0.4) is 0 Å². The third kappa shape index (κ3) is 3.04. The smallest absolute Gasteiger partial charge is 0.244 e. The van der Waals surface area contributed by atoms with E-state index in [2.05, 4.69) is 10.3 Å². The summed E-state index contributed by atoms with van der Waals surface area (Å²) in [5.74, 6) is 0.0837. The van der Waals surface area contributed by atoms with E-state index in [0.717, 1.165) is 15.3 Å². The summed E-state index contributed by atoms with van der Waals surface area (Å²) in [7, 11) is 0. The van der Waals surface area contributed by atoms with Crippen LogP contribution in [-0.2, 0) is 4.79 Å². The minimum Gasteiger partial charge on any atom is -0.350 e. The summed E-state index contributed by atoms with van der Waals surface area (Å²) in [4.78, 5) is 18.5. The summed E-state index contributed by atoms with van der Waals surface area (Å²) in [6.45, 7) is 7.24. The van der Waals surface area contributed by atoms with Crippen molar-refractivity contribution in [2.45, 2.75) is 26.8 Å². The highest BCUT2D eigenvalue weighted by molar-refractivity contribution is 7.22. The summed E-state index contributed by atoms with van der Waals surface area (Å²) in [6, 6.07) is 5.34. The van der Waals surface area contributed by atoms with E-state index in [4.69, 9.17) is 11.6 Å². The highest BCUT2D eigenvalue weighted by Crippen LogP contribution is 2.32. The van der Waals surface area contributed by atoms with Crippen molar-refractivity contribution >= 4 is 44.2 Å². The first-order chi connectivity index (χ1) is 9.56. The number of fused-ring (bicyclic) bond motifs is 1. The van der Waals surface area contributed by atoms with Crippen LogP contribution in [0.15, 0.2) is 18.2 Å². The molecule has 0 aliphatic heterocycles. The van der Waals surface area contributed by atoms with E-state index < -0.39 is 0 Å². The van der Waals surface area contributed by atoms with Gasteiger partial charge in [-0.05, 0) is 32.9 Å². The van der Waals surface area contributed by atoms with Gasteiger partial charge < -0.3 is 10.2 Å². The molecule has 1 aromatic heterocycles. The number of aromatic nitrogens is 1. The van der Waals surface area contributed by atoms with E-state index in [1.165, 1.54) is 11.3 Å². The second kappa shape index (κ2) is 6.41. The van der Waals surface area contributed by atoms with E-state index >= 15 is 0 Å². The Kier molecular flexibility index (Phi) is 4.83. The fraction of sp³-hybridized carbons (Fsp3) is 0.429. The van der Waals surface area contributed by atoms with Crippen molar-refractivity contribution in [3.63, 3.8) is 0 Å². The number of nitrogens with one attached hydrogen (secondary N) is 1. The Morgan fingerprint density at radius 3 is 2.75 bits per heavy atom. The molecule has 0 bridgehead atoms. The van der Waals surface area contributed by atoms with Gasteiger partial charge >= 0.3 is 0 Å². The van der Waals surface area contributed by atoms with Crippen molar-refractivity contribution in [3.05, 3.63) is 23.2 Å². The summed E-state index contributed by atoms with van der Waals surface area (Å²) < 4.78 is 0.944. The molecule has 0 aliphatic carbocycles. The number of anilines is 1. The van der Waals surface area contributed by atoms with Crippen LogP contribution in [0.2, 0.25) is 5.02 Å². The molecule has 1 heterocycles. The molecule has 0 saturated heterocycles. The largest absolute Gasteiger partial charge is 0.350 e. The highest BCUT2D eigenvalue weighted by Gasteiger charge is 2.19. The number of carbonyl (C=O) groups excluding carboxylic acids is 1. The van der Waals surface area contributed by atoms with Crippen LogP contribution in [0.4, 0.5) is 5.13 Å². The first kappa shape index (κ1) is 15.1. The molecule has 4 nitrogen and oxygen atoms in total. The fourth-order valence-corrected chi connectivity index (χ4v) is 3.28. The van der Waals surface area contributed by atoms with Gasteiger partial charge in [-0.1, -0.05) is 29.0 Å². The Bertz CT molecular complexity index is 609. The zero-order chi connectivity index (χ0) is 14.7. The van der Waals surface area contributed by atoms with Crippen LogP contribution in [0.1, 0.15) is 20.8 Å². The molecule has 1 unspecified atom stereocenters. The Labute approximate surface area is 127 Å². The van der Waals surface area contributed by atoms with Crippen molar-refractivity contribution < 1.29 is 4.79 Å². The number of rotatable bonds is 5. The Morgan fingerprint density at radius 1 is 1.45 bits per heavy atom. The molecule has 1 N–H and O–H groups in total. The lowest BCUT2D eigenvalue weighted by Crippen LogP contribution is -2.41. The summed E-state index contributed by atoms with van der Waals surface area (Å²) in [5.41, 5.74) is 0.854. The van der Waals surface area contributed by atoms with Crippen LogP contribution in [0.5, 0.6) is 0 Å². The minimum atomic E-state index is -0.297. The lowest BCUT2D eigenvalue weighted by Gasteiger charge is -2.23. The Hall–Kier alpha value is -1.33. The number of hydrogen-bond donors (Lipinski definition) is 1. The zero-order valence-electron chi connectivity index (χ0n) is 11.8. The van der Waals surface area contributed by atoms with Gasteiger partial charge in [-0.15, -0.1) is 0 Å². The van der Waals surface area contributed by atoms with E-state index in [0.29, 0.717) is 18.1 Å². The van der Waals surface area contributed by atoms with Gasteiger partial charge in [-0.25, -0.2) is 4.98 Å². The summed E-state index contributed by atoms with van der Waals surface area (Å²) in [5, 5.41) is 4.58. The van der Waals surface area contributed by atoms with E-state index in [1.807, 2.05) is 39.0 Å². The van der Waals surface area contributed by atoms with Crippen molar-refractivity contribution in [3.8, 4) is 0 Å². The third-order valence-electron chi connectivity index (χ3n) is 3.15. The van der Waals surface area contributed by atoms with Crippen molar-refractivity contribution in [1.29, 1.82) is 0 Å². The molecule has 0 spiro atoms. The second-order valence-electron chi connectivity index (χ2n) is 4.48. The number of nitrogens with zero attached hydrogens (tertiary/aromatic N) is 2. The monoisotopic (exact) mass is 311 g/mol. The molecule has 20 heavy (non-hydrogen) atoms. The molecule has 6 heteroatoms. The molecular weight excluding hydrogens is 294 g/mol. The van der Waals surface area contributed by atoms with E-state index in [9.17, 15) is 4.79 Å². The fourth-order valence-electron chi connectivity index (χ4n) is 2.03. The van der Waals surface area contributed by atoms with Gasteiger partial charge in [0.2, 0.25) is 5.91 Å². The standard InChI is InChI=1S/C14H18ClN3OS/c1-4-18(5-2)13(19)9(3)16-14-17-11-8-6-7-10(15)12(11)20-14/h6-9H,4-5H2,1-3H3,(H,16,17). The molecule has 108 valence electrons. The maximum Gasteiger partial charge on any atom is 0.244 e. The molecule has 0 radical (unpaired) electrons. The zero-order valence-corrected chi connectivity index (χ0v) is 13.4. The lowest BCUT2D eigenvalue weighted by atomic mass is 10.3. The second-order valence-corrected chi connectivity index (χ2v) is 5.89. The first-order valence-electron chi connectivity index (χ1n) is 6.67. The molecule has 2 aromatic rings. The molecule has 1 aromatic carbocycles.